The molecule has 1 N–H and O–H groups in total. The van der Waals surface area contributed by atoms with Crippen LogP contribution in [-0.4, -0.2) is 52.3 Å². The van der Waals surface area contributed by atoms with Gasteiger partial charge in [-0.1, -0.05) is 0 Å². The molecule has 1 amide bonds. The topological polar surface area (TPSA) is 71.8 Å². The molecular weight excluding hydrogens is 248 g/mol. The number of aromatic nitrogens is 1. The first-order valence-electron chi connectivity index (χ1n) is 6.39. The van der Waals surface area contributed by atoms with Crippen molar-refractivity contribution in [1.82, 2.24) is 9.47 Å². The largest absolute Gasteiger partial charge is 0.481 e. The summed E-state index contributed by atoms with van der Waals surface area (Å²) in [6, 6.07) is 3.62. The second-order valence-electron chi connectivity index (χ2n) is 4.52. The van der Waals surface area contributed by atoms with Crippen molar-refractivity contribution in [3.05, 3.63) is 24.0 Å². The van der Waals surface area contributed by atoms with E-state index in [1.54, 1.807) is 11.0 Å². The molecule has 0 bridgehead atoms. The lowest BCUT2D eigenvalue weighted by Crippen LogP contribution is -2.46. The molecule has 1 unspecified atom stereocenters. The average Bonchev–Trinajstić information content (AvgIpc) is 2.85. The van der Waals surface area contributed by atoms with E-state index in [0.29, 0.717) is 25.4 Å². The number of ether oxygens (including phenoxy) is 1. The normalized spacial score (nSPS) is 19.4. The Hall–Kier alpha value is -1.82. The Morgan fingerprint density at radius 2 is 2.32 bits per heavy atom. The molecular formula is C13H18N2O4. The van der Waals surface area contributed by atoms with E-state index in [2.05, 4.69) is 0 Å². The highest BCUT2D eigenvalue weighted by molar-refractivity contribution is 5.92. The molecule has 6 heteroatoms. The number of carboxylic acid groups (broad SMARTS) is 1. The zero-order valence-corrected chi connectivity index (χ0v) is 10.9. The molecule has 0 radical (unpaired) electrons. The van der Waals surface area contributed by atoms with Crippen LogP contribution in [0.15, 0.2) is 18.3 Å². The molecule has 0 aromatic carbocycles. The van der Waals surface area contributed by atoms with E-state index in [1.807, 2.05) is 23.8 Å². The van der Waals surface area contributed by atoms with Gasteiger partial charge in [-0.15, -0.1) is 0 Å². The van der Waals surface area contributed by atoms with Crippen molar-refractivity contribution >= 4 is 11.9 Å². The van der Waals surface area contributed by atoms with Gasteiger partial charge in [0, 0.05) is 25.8 Å². The summed E-state index contributed by atoms with van der Waals surface area (Å²) in [5.41, 5.74) is 0.637. The molecule has 6 nitrogen and oxygen atoms in total. The molecule has 1 aromatic heterocycles. The molecule has 0 spiro atoms. The van der Waals surface area contributed by atoms with Crippen molar-refractivity contribution in [2.24, 2.45) is 0 Å². The fourth-order valence-corrected chi connectivity index (χ4v) is 2.27. The van der Waals surface area contributed by atoms with Crippen molar-refractivity contribution in [2.45, 2.75) is 26.0 Å². The number of carboxylic acids is 1. The zero-order chi connectivity index (χ0) is 13.8. The summed E-state index contributed by atoms with van der Waals surface area (Å²) < 4.78 is 7.24. The lowest BCUT2D eigenvalue weighted by atomic mass is 10.2. The van der Waals surface area contributed by atoms with E-state index in [0.717, 1.165) is 6.54 Å². The van der Waals surface area contributed by atoms with Crippen LogP contribution in [0.4, 0.5) is 0 Å². The summed E-state index contributed by atoms with van der Waals surface area (Å²) in [4.78, 5) is 24.7. The molecule has 0 saturated carbocycles. The summed E-state index contributed by atoms with van der Waals surface area (Å²) >= 11 is 0. The third-order valence-corrected chi connectivity index (χ3v) is 3.22. The number of morpholine rings is 1. The lowest BCUT2D eigenvalue weighted by molar-refractivity contribution is -0.141. The Morgan fingerprint density at radius 1 is 1.53 bits per heavy atom. The van der Waals surface area contributed by atoms with Gasteiger partial charge in [0.15, 0.2) is 0 Å². The second kappa shape index (κ2) is 5.88. The third-order valence-electron chi connectivity index (χ3n) is 3.22. The van der Waals surface area contributed by atoms with Crippen molar-refractivity contribution in [3.63, 3.8) is 0 Å². The van der Waals surface area contributed by atoms with Gasteiger partial charge in [0.1, 0.15) is 5.69 Å². The number of hydrogen-bond acceptors (Lipinski definition) is 3. The SMILES string of the molecule is CCn1cccc1C(=O)N1CCOC(CC(=O)O)C1. The minimum Gasteiger partial charge on any atom is -0.481 e. The maximum absolute atomic E-state index is 12.4. The maximum atomic E-state index is 12.4. The summed E-state index contributed by atoms with van der Waals surface area (Å²) in [7, 11) is 0. The monoisotopic (exact) mass is 266 g/mol. The minimum atomic E-state index is -0.906. The molecule has 1 saturated heterocycles. The van der Waals surface area contributed by atoms with Gasteiger partial charge in [0.05, 0.1) is 19.1 Å². The van der Waals surface area contributed by atoms with E-state index >= 15 is 0 Å². The first kappa shape index (κ1) is 13.6. The summed E-state index contributed by atoms with van der Waals surface area (Å²) in [6.45, 7) is 3.93. The molecule has 2 heterocycles. The molecule has 1 aliphatic heterocycles. The van der Waals surface area contributed by atoms with Crippen LogP contribution in [0, 0.1) is 0 Å². The predicted molar refractivity (Wildman–Crippen MR) is 68.0 cm³/mol. The molecule has 0 aliphatic carbocycles. The van der Waals surface area contributed by atoms with Crippen LogP contribution in [-0.2, 0) is 16.1 Å². The van der Waals surface area contributed by atoms with Gasteiger partial charge in [-0.3, -0.25) is 9.59 Å². The van der Waals surface area contributed by atoms with E-state index in [-0.39, 0.29) is 12.3 Å². The van der Waals surface area contributed by atoms with E-state index in [4.69, 9.17) is 9.84 Å². The highest BCUT2D eigenvalue weighted by Crippen LogP contribution is 2.13. The summed E-state index contributed by atoms with van der Waals surface area (Å²) in [5, 5.41) is 8.77. The Bertz CT molecular complexity index is 469. The van der Waals surface area contributed by atoms with Gasteiger partial charge >= 0.3 is 5.97 Å². The van der Waals surface area contributed by atoms with Gasteiger partial charge in [0.2, 0.25) is 0 Å². The molecule has 19 heavy (non-hydrogen) atoms. The number of carbonyl (C=O) groups is 2. The Balaban J connectivity index is 2.05. The van der Waals surface area contributed by atoms with Gasteiger partial charge in [-0.25, -0.2) is 0 Å². The fraction of sp³-hybridized carbons (Fsp3) is 0.538. The fourth-order valence-electron chi connectivity index (χ4n) is 2.27. The summed E-state index contributed by atoms with van der Waals surface area (Å²) in [5.74, 6) is -0.971. The van der Waals surface area contributed by atoms with Crippen LogP contribution >= 0.6 is 0 Å². The second-order valence-corrected chi connectivity index (χ2v) is 4.52. The molecule has 2 rings (SSSR count). The molecule has 1 aliphatic rings. The number of aliphatic carboxylic acids is 1. The lowest BCUT2D eigenvalue weighted by Gasteiger charge is -2.32. The standard InChI is InChI=1S/C13H18N2O4/c1-2-14-5-3-4-11(14)13(18)15-6-7-19-10(9-15)8-12(16)17/h3-5,10H,2,6-9H2,1H3,(H,16,17). The van der Waals surface area contributed by atoms with E-state index in [1.165, 1.54) is 0 Å². The van der Waals surface area contributed by atoms with Crippen LogP contribution in [0.25, 0.3) is 0 Å². The Morgan fingerprint density at radius 3 is 3.00 bits per heavy atom. The average molecular weight is 266 g/mol. The number of rotatable bonds is 4. The van der Waals surface area contributed by atoms with Gasteiger partial charge in [-0.2, -0.15) is 0 Å². The summed E-state index contributed by atoms with van der Waals surface area (Å²) in [6.07, 6.45) is 1.38. The first-order chi connectivity index (χ1) is 9.11. The molecule has 1 atom stereocenters. The van der Waals surface area contributed by atoms with E-state index < -0.39 is 12.1 Å². The molecule has 104 valence electrons. The van der Waals surface area contributed by atoms with Gasteiger partial charge in [0.25, 0.3) is 5.91 Å². The first-order valence-corrected chi connectivity index (χ1v) is 6.39. The van der Waals surface area contributed by atoms with Crippen LogP contribution in [0.5, 0.6) is 0 Å². The van der Waals surface area contributed by atoms with Crippen molar-refractivity contribution in [1.29, 1.82) is 0 Å². The van der Waals surface area contributed by atoms with Crippen LogP contribution in [0.2, 0.25) is 0 Å². The molecule has 1 aromatic rings. The quantitative estimate of drug-likeness (QED) is 0.876. The highest BCUT2D eigenvalue weighted by Gasteiger charge is 2.27. The number of carbonyl (C=O) groups excluding carboxylic acids is 1. The Labute approximate surface area is 111 Å². The predicted octanol–water partition coefficient (Wildman–Crippen LogP) is 0.824. The van der Waals surface area contributed by atoms with Gasteiger partial charge in [-0.05, 0) is 19.1 Å². The van der Waals surface area contributed by atoms with Crippen LogP contribution < -0.4 is 0 Å². The Kier molecular flexibility index (Phi) is 4.21. The number of aryl methyl sites for hydroxylation is 1. The number of nitrogens with zero attached hydrogens (tertiary/aromatic N) is 2. The van der Waals surface area contributed by atoms with Crippen LogP contribution in [0.3, 0.4) is 0 Å². The van der Waals surface area contributed by atoms with Crippen molar-refractivity contribution in [2.75, 3.05) is 19.7 Å². The third kappa shape index (κ3) is 3.14. The highest BCUT2D eigenvalue weighted by atomic mass is 16.5. The zero-order valence-electron chi connectivity index (χ0n) is 10.9. The van der Waals surface area contributed by atoms with E-state index in [9.17, 15) is 9.59 Å². The van der Waals surface area contributed by atoms with Crippen molar-refractivity contribution in [3.8, 4) is 0 Å². The van der Waals surface area contributed by atoms with Crippen LogP contribution in [0.1, 0.15) is 23.8 Å². The van der Waals surface area contributed by atoms with Gasteiger partial charge < -0.3 is 19.3 Å². The molecule has 1 fully saturated rings. The number of hydrogen-bond donors (Lipinski definition) is 1. The number of amides is 1. The minimum absolute atomic E-state index is 0.0643. The smallest absolute Gasteiger partial charge is 0.306 e. The maximum Gasteiger partial charge on any atom is 0.306 e. The van der Waals surface area contributed by atoms with Crippen molar-refractivity contribution < 1.29 is 19.4 Å².